The Labute approximate surface area is 117 Å². The molecule has 1 aromatic carbocycles. The average molecular weight is 277 g/mol. The van der Waals surface area contributed by atoms with Gasteiger partial charge in [-0.25, -0.2) is 0 Å². The second kappa shape index (κ2) is 5.03. The van der Waals surface area contributed by atoms with Crippen LogP contribution in [0.25, 0.3) is 0 Å². The van der Waals surface area contributed by atoms with Crippen molar-refractivity contribution in [3.63, 3.8) is 0 Å². The summed E-state index contributed by atoms with van der Waals surface area (Å²) in [6.45, 7) is 2.61. The smallest absolute Gasteiger partial charge is 0.255 e. The first-order valence-corrected chi connectivity index (χ1v) is 6.40. The molecule has 0 bridgehead atoms. The summed E-state index contributed by atoms with van der Waals surface area (Å²) in [7, 11) is 1.54. The highest BCUT2D eigenvalue weighted by Gasteiger charge is 2.41. The molecule has 1 unspecified atom stereocenters. The van der Waals surface area contributed by atoms with E-state index < -0.39 is 5.41 Å². The second-order valence-electron chi connectivity index (χ2n) is 5.35. The van der Waals surface area contributed by atoms with Crippen LogP contribution in [0, 0.1) is 5.41 Å². The number of hydrogen-bond donors (Lipinski definition) is 2. The number of ether oxygens (including phenoxy) is 1. The van der Waals surface area contributed by atoms with Crippen molar-refractivity contribution in [3.05, 3.63) is 23.8 Å². The Kier molecular flexibility index (Phi) is 3.57. The molecule has 0 saturated carbocycles. The van der Waals surface area contributed by atoms with Gasteiger partial charge in [-0.2, -0.15) is 0 Å². The van der Waals surface area contributed by atoms with Crippen molar-refractivity contribution in [1.82, 2.24) is 4.90 Å². The molecule has 20 heavy (non-hydrogen) atoms. The van der Waals surface area contributed by atoms with Crippen LogP contribution in [0.4, 0.5) is 5.69 Å². The van der Waals surface area contributed by atoms with Gasteiger partial charge in [0.1, 0.15) is 5.75 Å². The summed E-state index contributed by atoms with van der Waals surface area (Å²) in [4.78, 5) is 25.5. The summed E-state index contributed by atoms with van der Waals surface area (Å²) in [5.74, 6) is 0.0353. The monoisotopic (exact) mass is 277 g/mol. The first-order chi connectivity index (χ1) is 9.37. The van der Waals surface area contributed by atoms with Crippen LogP contribution in [0.2, 0.25) is 0 Å². The molecular formula is C14H19N3O3. The van der Waals surface area contributed by atoms with Crippen molar-refractivity contribution in [1.29, 1.82) is 0 Å². The summed E-state index contributed by atoms with van der Waals surface area (Å²) in [6.07, 6.45) is 0.574. The maximum Gasteiger partial charge on any atom is 0.255 e. The molecule has 0 aromatic heterocycles. The number of primary amides is 1. The molecule has 6 nitrogen and oxygen atoms in total. The summed E-state index contributed by atoms with van der Waals surface area (Å²) in [6, 6.07) is 4.93. The highest BCUT2D eigenvalue weighted by atomic mass is 16.5. The normalized spacial score (nSPS) is 21.8. The lowest BCUT2D eigenvalue weighted by Crippen LogP contribution is -2.38. The third-order valence-corrected chi connectivity index (χ3v) is 3.84. The van der Waals surface area contributed by atoms with Gasteiger partial charge < -0.3 is 21.1 Å². The van der Waals surface area contributed by atoms with E-state index in [2.05, 4.69) is 0 Å². The Morgan fingerprint density at radius 1 is 1.40 bits per heavy atom. The first-order valence-electron chi connectivity index (χ1n) is 6.40. The maximum atomic E-state index is 12.4. The van der Waals surface area contributed by atoms with Crippen molar-refractivity contribution in [3.8, 4) is 5.75 Å². The fourth-order valence-corrected chi connectivity index (χ4v) is 2.37. The highest BCUT2D eigenvalue weighted by Crippen LogP contribution is 2.31. The van der Waals surface area contributed by atoms with Crippen molar-refractivity contribution in [2.45, 2.75) is 13.3 Å². The number of nitrogens with two attached hydrogens (primary N) is 2. The van der Waals surface area contributed by atoms with Crippen molar-refractivity contribution < 1.29 is 14.3 Å². The Bertz CT molecular complexity index is 559. The number of nitrogen functional groups attached to an aromatic ring is 1. The lowest BCUT2D eigenvalue weighted by Gasteiger charge is -2.21. The van der Waals surface area contributed by atoms with Crippen molar-refractivity contribution in [2.75, 3.05) is 25.9 Å². The minimum atomic E-state index is -0.656. The average Bonchev–Trinajstić information content (AvgIpc) is 2.82. The number of likely N-dealkylation sites (tertiary alicyclic amines) is 1. The zero-order chi connectivity index (χ0) is 14.9. The quantitative estimate of drug-likeness (QED) is 0.791. The number of amides is 2. The zero-order valence-electron chi connectivity index (χ0n) is 11.7. The number of carbonyl (C=O) groups excluding carboxylic acids is 2. The van der Waals surface area contributed by atoms with Gasteiger partial charge in [0.25, 0.3) is 5.91 Å². The van der Waals surface area contributed by atoms with Crippen LogP contribution in [-0.2, 0) is 4.79 Å². The van der Waals surface area contributed by atoms with Crippen molar-refractivity contribution in [2.24, 2.45) is 11.1 Å². The summed E-state index contributed by atoms with van der Waals surface area (Å²) >= 11 is 0. The van der Waals surface area contributed by atoms with Gasteiger partial charge in [-0.1, -0.05) is 0 Å². The predicted octanol–water partition coefficient (Wildman–Crippen LogP) is 0.615. The van der Waals surface area contributed by atoms with Crippen LogP contribution in [0.3, 0.4) is 0 Å². The lowest BCUT2D eigenvalue weighted by molar-refractivity contribution is -0.126. The van der Waals surface area contributed by atoms with E-state index in [1.807, 2.05) is 0 Å². The van der Waals surface area contributed by atoms with E-state index in [4.69, 9.17) is 16.2 Å². The molecule has 4 N–H and O–H groups in total. The van der Waals surface area contributed by atoms with Gasteiger partial charge in [0, 0.05) is 24.8 Å². The van der Waals surface area contributed by atoms with Crippen LogP contribution in [0.5, 0.6) is 5.75 Å². The maximum absolute atomic E-state index is 12.4. The van der Waals surface area contributed by atoms with Gasteiger partial charge in [0.2, 0.25) is 5.91 Å². The van der Waals surface area contributed by atoms with E-state index >= 15 is 0 Å². The second-order valence-corrected chi connectivity index (χ2v) is 5.35. The number of benzene rings is 1. The summed E-state index contributed by atoms with van der Waals surface area (Å²) in [5, 5.41) is 0. The molecule has 1 aliphatic heterocycles. The molecule has 1 fully saturated rings. The Hall–Kier alpha value is -2.24. The SMILES string of the molecule is COc1ccc(C(=O)N2CCC(C)(C(N)=O)C2)c(N)c1. The molecule has 108 valence electrons. The minimum Gasteiger partial charge on any atom is -0.497 e. The van der Waals surface area contributed by atoms with Crippen LogP contribution < -0.4 is 16.2 Å². The van der Waals surface area contributed by atoms with Gasteiger partial charge >= 0.3 is 0 Å². The standard InChI is InChI=1S/C14H19N3O3/c1-14(13(16)19)5-6-17(8-14)12(18)10-4-3-9(20-2)7-11(10)15/h3-4,7H,5-6,8,15H2,1-2H3,(H2,16,19). The van der Waals surface area contributed by atoms with Crippen molar-refractivity contribution >= 4 is 17.5 Å². The van der Waals surface area contributed by atoms with Gasteiger partial charge in [0.15, 0.2) is 0 Å². The lowest BCUT2D eigenvalue weighted by atomic mass is 9.89. The number of rotatable bonds is 3. The van der Waals surface area contributed by atoms with Gasteiger partial charge in [-0.3, -0.25) is 9.59 Å². The number of anilines is 1. The summed E-state index contributed by atoms with van der Waals surface area (Å²) in [5.41, 5.74) is 11.4. The molecule has 2 amide bonds. The van der Waals surface area contributed by atoms with Gasteiger partial charge in [0.05, 0.1) is 18.1 Å². The molecule has 1 saturated heterocycles. The zero-order valence-corrected chi connectivity index (χ0v) is 11.7. The largest absolute Gasteiger partial charge is 0.497 e. The van der Waals surface area contributed by atoms with E-state index in [1.54, 1.807) is 30.0 Å². The van der Waals surface area contributed by atoms with E-state index in [-0.39, 0.29) is 11.8 Å². The number of nitrogens with zero attached hydrogens (tertiary/aromatic N) is 1. The first kappa shape index (κ1) is 14.2. The highest BCUT2D eigenvalue weighted by molar-refractivity contribution is 6.00. The van der Waals surface area contributed by atoms with Gasteiger partial charge in [-0.05, 0) is 25.5 Å². The molecule has 6 heteroatoms. The third-order valence-electron chi connectivity index (χ3n) is 3.84. The molecule has 1 heterocycles. The molecule has 1 aromatic rings. The fourth-order valence-electron chi connectivity index (χ4n) is 2.37. The van der Waals surface area contributed by atoms with Crippen LogP contribution in [-0.4, -0.2) is 36.9 Å². The molecule has 0 aliphatic carbocycles. The molecule has 1 aliphatic rings. The van der Waals surface area contributed by atoms with Crippen LogP contribution in [0.1, 0.15) is 23.7 Å². The topological polar surface area (TPSA) is 98.6 Å². The molecule has 0 spiro atoms. The number of carbonyl (C=O) groups is 2. The predicted molar refractivity (Wildman–Crippen MR) is 75.2 cm³/mol. The third kappa shape index (κ3) is 2.41. The van der Waals surface area contributed by atoms with Crippen LogP contribution in [0.15, 0.2) is 18.2 Å². The number of hydrogen-bond acceptors (Lipinski definition) is 4. The van der Waals surface area contributed by atoms with Crippen LogP contribution >= 0.6 is 0 Å². The molecule has 0 radical (unpaired) electrons. The fraction of sp³-hybridized carbons (Fsp3) is 0.429. The molecule has 2 rings (SSSR count). The Balaban J connectivity index is 2.19. The summed E-state index contributed by atoms with van der Waals surface area (Å²) < 4.78 is 5.05. The Morgan fingerprint density at radius 3 is 2.60 bits per heavy atom. The van der Waals surface area contributed by atoms with E-state index in [1.165, 1.54) is 7.11 Å². The number of methoxy groups -OCH3 is 1. The minimum absolute atomic E-state index is 0.185. The van der Waals surface area contributed by atoms with E-state index in [0.29, 0.717) is 36.5 Å². The van der Waals surface area contributed by atoms with E-state index in [9.17, 15) is 9.59 Å². The Morgan fingerprint density at radius 2 is 2.10 bits per heavy atom. The molecular weight excluding hydrogens is 258 g/mol. The molecule has 1 atom stereocenters. The van der Waals surface area contributed by atoms with Gasteiger partial charge in [-0.15, -0.1) is 0 Å². The van der Waals surface area contributed by atoms with E-state index in [0.717, 1.165) is 0 Å².